The third-order valence-electron chi connectivity index (χ3n) is 2.73. The SMILES string of the molecule is Cc1ncc(CN(C)S(=O)(=O)c2ccc(N)c(Br)c2)s1. The Labute approximate surface area is 130 Å². The Bertz CT molecular complexity index is 728. The number of hydrogen-bond acceptors (Lipinski definition) is 5. The van der Waals surface area contributed by atoms with Gasteiger partial charge in [0.1, 0.15) is 0 Å². The minimum absolute atomic E-state index is 0.210. The fourth-order valence-corrected chi connectivity index (χ4v) is 4.27. The lowest BCUT2D eigenvalue weighted by Crippen LogP contribution is -2.26. The Morgan fingerprint density at radius 2 is 2.15 bits per heavy atom. The maximum absolute atomic E-state index is 12.5. The summed E-state index contributed by atoms with van der Waals surface area (Å²) in [6.07, 6.45) is 1.70. The van der Waals surface area contributed by atoms with Gasteiger partial charge in [-0.1, -0.05) is 0 Å². The number of nitrogens with two attached hydrogens (primary N) is 1. The lowest BCUT2D eigenvalue weighted by Gasteiger charge is -2.16. The quantitative estimate of drug-likeness (QED) is 0.833. The minimum Gasteiger partial charge on any atom is -0.398 e. The Kier molecular flexibility index (Phi) is 4.48. The van der Waals surface area contributed by atoms with Crippen molar-refractivity contribution in [3.8, 4) is 0 Å². The van der Waals surface area contributed by atoms with E-state index in [1.54, 1.807) is 19.3 Å². The fraction of sp³-hybridized carbons (Fsp3) is 0.250. The van der Waals surface area contributed by atoms with Gasteiger partial charge in [-0.2, -0.15) is 4.31 Å². The van der Waals surface area contributed by atoms with Gasteiger partial charge in [-0.25, -0.2) is 13.4 Å². The zero-order chi connectivity index (χ0) is 14.9. The van der Waals surface area contributed by atoms with Crippen LogP contribution in [0.15, 0.2) is 33.8 Å². The zero-order valence-electron chi connectivity index (χ0n) is 11.0. The number of benzene rings is 1. The molecule has 2 aromatic rings. The molecule has 0 saturated heterocycles. The Morgan fingerprint density at radius 1 is 1.45 bits per heavy atom. The lowest BCUT2D eigenvalue weighted by atomic mass is 10.3. The molecule has 0 amide bonds. The van der Waals surface area contributed by atoms with Crippen molar-refractivity contribution in [2.24, 2.45) is 0 Å². The van der Waals surface area contributed by atoms with Crippen LogP contribution in [0.3, 0.4) is 0 Å². The highest BCUT2D eigenvalue weighted by molar-refractivity contribution is 9.10. The fourth-order valence-electron chi connectivity index (χ4n) is 1.63. The molecule has 0 saturated carbocycles. The highest BCUT2D eigenvalue weighted by atomic mass is 79.9. The van der Waals surface area contributed by atoms with Gasteiger partial charge in [0.2, 0.25) is 10.0 Å². The second-order valence-corrected chi connectivity index (χ2v) is 8.51. The number of nitrogens with zero attached hydrogens (tertiary/aromatic N) is 2. The van der Waals surface area contributed by atoms with Crippen LogP contribution in [0, 0.1) is 6.92 Å². The van der Waals surface area contributed by atoms with Crippen molar-refractivity contribution in [1.29, 1.82) is 0 Å². The number of aryl methyl sites for hydroxylation is 1. The van der Waals surface area contributed by atoms with Crippen molar-refractivity contribution in [2.75, 3.05) is 12.8 Å². The van der Waals surface area contributed by atoms with Gasteiger partial charge in [-0.05, 0) is 41.1 Å². The Hall–Kier alpha value is -0.960. The van der Waals surface area contributed by atoms with E-state index >= 15 is 0 Å². The first kappa shape index (κ1) is 15.4. The molecule has 1 heterocycles. The summed E-state index contributed by atoms with van der Waals surface area (Å²) in [4.78, 5) is 5.24. The highest BCUT2D eigenvalue weighted by Crippen LogP contribution is 2.25. The van der Waals surface area contributed by atoms with Crippen LogP contribution in [0.1, 0.15) is 9.88 Å². The molecule has 0 aliphatic carbocycles. The third-order valence-corrected chi connectivity index (χ3v) is 6.11. The molecule has 1 aromatic heterocycles. The van der Waals surface area contributed by atoms with Crippen molar-refractivity contribution in [3.63, 3.8) is 0 Å². The van der Waals surface area contributed by atoms with Crippen molar-refractivity contribution in [1.82, 2.24) is 9.29 Å². The maximum Gasteiger partial charge on any atom is 0.243 e. The third kappa shape index (κ3) is 3.20. The van der Waals surface area contributed by atoms with Gasteiger partial charge in [-0.15, -0.1) is 11.3 Å². The van der Waals surface area contributed by atoms with Gasteiger partial charge >= 0.3 is 0 Å². The number of anilines is 1. The smallest absolute Gasteiger partial charge is 0.243 e. The van der Waals surface area contributed by atoms with Gasteiger partial charge in [0, 0.05) is 34.8 Å². The molecule has 0 atom stereocenters. The molecule has 0 unspecified atom stereocenters. The topological polar surface area (TPSA) is 76.3 Å². The monoisotopic (exact) mass is 375 g/mol. The normalized spacial score (nSPS) is 12.0. The molecular formula is C12H14BrN3O2S2. The van der Waals surface area contributed by atoms with E-state index in [-0.39, 0.29) is 4.90 Å². The predicted octanol–water partition coefficient (Wildman–Crippen LogP) is 2.62. The van der Waals surface area contributed by atoms with Gasteiger partial charge in [0.15, 0.2) is 0 Å². The first-order valence-electron chi connectivity index (χ1n) is 5.73. The number of nitrogen functional groups attached to an aromatic ring is 1. The summed E-state index contributed by atoms with van der Waals surface area (Å²) in [7, 11) is -1.99. The van der Waals surface area contributed by atoms with Crippen molar-refractivity contribution < 1.29 is 8.42 Å². The molecule has 0 aliphatic rings. The number of rotatable bonds is 4. The first-order chi connectivity index (χ1) is 9.30. The molecule has 2 rings (SSSR count). The molecule has 8 heteroatoms. The molecule has 108 valence electrons. The standard InChI is InChI=1S/C12H14BrN3O2S2/c1-8-15-6-9(19-8)7-16(2)20(17,18)10-3-4-12(14)11(13)5-10/h3-6H,7,14H2,1-2H3. The van der Waals surface area contributed by atoms with E-state index in [9.17, 15) is 8.42 Å². The van der Waals surface area contributed by atoms with E-state index in [0.717, 1.165) is 9.88 Å². The minimum atomic E-state index is -3.54. The largest absolute Gasteiger partial charge is 0.398 e. The van der Waals surface area contributed by atoms with E-state index in [1.165, 1.54) is 27.8 Å². The van der Waals surface area contributed by atoms with E-state index in [1.807, 2.05) is 6.92 Å². The van der Waals surface area contributed by atoms with E-state index in [4.69, 9.17) is 5.73 Å². The summed E-state index contributed by atoms with van der Waals surface area (Å²) in [5.41, 5.74) is 6.18. The molecular weight excluding hydrogens is 362 g/mol. The van der Waals surface area contributed by atoms with Crippen LogP contribution in [0.25, 0.3) is 0 Å². The molecule has 0 bridgehead atoms. The van der Waals surface area contributed by atoms with Gasteiger partial charge in [0.05, 0.1) is 9.90 Å². The van der Waals surface area contributed by atoms with Crippen LogP contribution in [-0.2, 0) is 16.6 Å². The van der Waals surface area contributed by atoms with Gasteiger partial charge in [-0.3, -0.25) is 0 Å². The van der Waals surface area contributed by atoms with Crippen LogP contribution in [0.4, 0.5) is 5.69 Å². The van der Waals surface area contributed by atoms with Crippen LogP contribution >= 0.6 is 27.3 Å². The maximum atomic E-state index is 12.5. The molecule has 0 fully saturated rings. The van der Waals surface area contributed by atoms with Crippen molar-refractivity contribution in [3.05, 3.63) is 38.8 Å². The number of aromatic nitrogens is 1. The van der Waals surface area contributed by atoms with Crippen LogP contribution in [0.5, 0.6) is 0 Å². The number of hydrogen-bond donors (Lipinski definition) is 1. The molecule has 0 radical (unpaired) electrons. The number of halogens is 1. The summed E-state index contributed by atoms with van der Waals surface area (Å²) in [6.45, 7) is 2.19. The molecule has 1 aromatic carbocycles. The summed E-state index contributed by atoms with van der Waals surface area (Å²) in [5, 5.41) is 0.918. The molecule has 0 aliphatic heterocycles. The molecule has 2 N–H and O–H groups in total. The second-order valence-electron chi connectivity index (χ2n) is 4.29. The summed E-state index contributed by atoms with van der Waals surface area (Å²) in [6, 6.07) is 4.59. The highest BCUT2D eigenvalue weighted by Gasteiger charge is 2.22. The zero-order valence-corrected chi connectivity index (χ0v) is 14.2. The first-order valence-corrected chi connectivity index (χ1v) is 8.78. The summed E-state index contributed by atoms with van der Waals surface area (Å²) < 4.78 is 26.8. The summed E-state index contributed by atoms with van der Waals surface area (Å²) >= 11 is 4.73. The van der Waals surface area contributed by atoms with E-state index in [0.29, 0.717) is 16.7 Å². The average molecular weight is 376 g/mol. The van der Waals surface area contributed by atoms with Crippen molar-refractivity contribution in [2.45, 2.75) is 18.4 Å². The van der Waals surface area contributed by atoms with Gasteiger partial charge < -0.3 is 5.73 Å². The Morgan fingerprint density at radius 3 is 2.70 bits per heavy atom. The van der Waals surface area contributed by atoms with Crippen LogP contribution in [-0.4, -0.2) is 24.8 Å². The van der Waals surface area contributed by atoms with Gasteiger partial charge in [0.25, 0.3) is 0 Å². The number of thiazole rings is 1. The molecule has 20 heavy (non-hydrogen) atoms. The lowest BCUT2D eigenvalue weighted by molar-refractivity contribution is 0.469. The molecule has 0 spiro atoms. The second kappa shape index (κ2) is 5.80. The molecule has 5 nitrogen and oxygen atoms in total. The number of sulfonamides is 1. The van der Waals surface area contributed by atoms with Crippen LogP contribution in [0.2, 0.25) is 0 Å². The summed E-state index contributed by atoms with van der Waals surface area (Å²) in [5.74, 6) is 0. The van der Waals surface area contributed by atoms with E-state index in [2.05, 4.69) is 20.9 Å². The van der Waals surface area contributed by atoms with Crippen LogP contribution < -0.4 is 5.73 Å². The predicted molar refractivity (Wildman–Crippen MR) is 84.1 cm³/mol. The van der Waals surface area contributed by atoms with E-state index < -0.39 is 10.0 Å². The van der Waals surface area contributed by atoms with Crippen molar-refractivity contribution >= 4 is 43.0 Å². The average Bonchev–Trinajstić information content (AvgIpc) is 2.78. The Balaban J connectivity index is 2.27.